The molecule has 80 valence electrons. The topological polar surface area (TPSA) is 56.8 Å². The molecule has 0 aromatic heterocycles. The third-order valence-corrected chi connectivity index (χ3v) is 2.36. The summed E-state index contributed by atoms with van der Waals surface area (Å²) in [5, 5.41) is 2.76. The van der Waals surface area contributed by atoms with E-state index in [0.717, 1.165) is 0 Å². The van der Waals surface area contributed by atoms with E-state index < -0.39 is 12.0 Å². The molecule has 0 aliphatic carbocycles. The number of hydrogen-bond acceptors (Lipinski definition) is 4. The van der Waals surface area contributed by atoms with Crippen molar-refractivity contribution >= 4 is 5.91 Å². The summed E-state index contributed by atoms with van der Waals surface area (Å²) in [7, 11) is 0. The predicted octanol–water partition coefficient (Wildman–Crippen LogP) is -0.142. The number of amides is 1. The highest BCUT2D eigenvalue weighted by Crippen LogP contribution is 2.22. The van der Waals surface area contributed by atoms with Gasteiger partial charge in [-0.2, -0.15) is 0 Å². The van der Waals surface area contributed by atoms with E-state index in [4.69, 9.17) is 14.2 Å². The lowest BCUT2D eigenvalue weighted by Crippen LogP contribution is -2.57. The van der Waals surface area contributed by atoms with E-state index in [0.29, 0.717) is 19.8 Å². The van der Waals surface area contributed by atoms with Gasteiger partial charge in [0.2, 0.25) is 5.91 Å². The molecule has 2 saturated heterocycles. The Bertz CT molecular complexity index is 235. The Morgan fingerprint density at radius 1 is 1.36 bits per heavy atom. The minimum atomic E-state index is -0.577. The van der Waals surface area contributed by atoms with Crippen molar-refractivity contribution < 1.29 is 19.0 Å². The molecule has 2 heterocycles. The summed E-state index contributed by atoms with van der Waals surface area (Å²) in [4.78, 5) is 11.6. The summed E-state index contributed by atoms with van der Waals surface area (Å²) >= 11 is 0. The van der Waals surface area contributed by atoms with Crippen LogP contribution in [0.1, 0.15) is 13.8 Å². The molecule has 0 bridgehead atoms. The van der Waals surface area contributed by atoms with Crippen LogP contribution in [0.25, 0.3) is 0 Å². The second-order valence-electron chi connectivity index (χ2n) is 4.03. The van der Waals surface area contributed by atoms with Crippen LogP contribution >= 0.6 is 0 Å². The van der Waals surface area contributed by atoms with Crippen molar-refractivity contribution in [3.63, 3.8) is 0 Å². The molecule has 2 aliphatic heterocycles. The molecule has 0 saturated carbocycles. The van der Waals surface area contributed by atoms with E-state index in [9.17, 15) is 4.79 Å². The summed E-state index contributed by atoms with van der Waals surface area (Å²) in [6.45, 7) is 5.09. The summed E-state index contributed by atoms with van der Waals surface area (Å²) in [6.07, 6.45) is -0.439. The molecule has 14 heavy (non-hydrogen) atoms. The van der Waals surface area contributed by atoms with Gasteiger partial charge in [-0.25, -0.2) is 0 Å². The Hall–Kier alpha value is -0.650. The van der Waals surface area contributed by atoms with Crippen LogP contribution in [0.15, 0.2) is 0 Å². The van der Waals surface area contributed by atoms with E-state index in [-0.39, 0.29) is 11.8 Å². The van der Waals surface area contributed by atoms with E-state index in [2.05, 4.69) is 5.32 Å². The van der Waals surface area contributed by atoms with Crippen molar-refractivity contribution in [3.05, 3.63) is 0 Å². The van der Waals surface area contributed by atoms with Gasteiger partial charge in [-0.3, -0.25) is 4.79 Å². The van der Waals surface area contributed by atoms with Gasteiger partial charge in [0.1, 0.15) is 11.6 Å². The molecule has 0 unspecified atom stereocenters. The highest BCUT2D eigenvalue weighted by molar-refractivity contribution is 5.80. The van der Waals surface area contributed by atoms with Crippen LogP contribution in [0.3, 0.4) is 0 Å². The molecule has 5 nitrogen and oxygen atoms in total. The molecule has 1 atom stereocenters. The first-order valence-corrected chi connectivity index (χ1v) is 4.78. The third kappa shape index (κ3) is 1.89. The van der Waals surface area contributed by atoms with Gasteiger partial charge in [-0.1, -0.05) is 0 Å². The Labute approximate surface area is 82.7 Å². The molecule has 0 spiro atoms. The van der Waals surface area contributed by atoms with Crippen LogP contribution in [-0.2, 0) is 19.0 Å². The van der Waals surface area contributed by atoms with Crippen molar-refractivity contribution in [1.29, 1.82) is 0 Å². The van der Waals surface area contributed by atoms with Crippen molar-refractivity contribution in [2.24, 2.45) is 5.92 Å². The van der Waals surface area contributed by atoms with Gasteiger partial charge in [0, 0.05) is 0 Å². The number of rotatable bonds is 1. The van der Waals surface area contributed by atoms with Crippen molar-refractivity contribution in [3.8, 4) is 0 Å². The first kappa shape index (κ1) is 9.89. The Morgan fingerprint density at radius 2 is 2.00 bits per heavy atom. The first-order valence-electron chi connectivity index (χ1n) is 4.78. The average molecular weight is 201 g/mol. The van der Waals surface area contributed by atoms with Crippen LogP contribution in [0.2, 0.25) is 0 Å². The molecule has 1 amide bonds. The number of carbonyl (C=O) groups excluding carboxylic acids is 1. The minimum Gasteiger partial charge on any atom is -0.355 e. The van der Waals surface area contributed by atoms with E-state index in [1.165, 1.54) is 0 Å². The molecule has 0 radical (unpaired) electrons. The largest absolute Gasteiger partial charge is 0.355 e. The number of nitrogens with one attached hydrogen (secondary N) is 1. The van der Waals surface area contributed by atoms with Crippen molar-refractivity contribution in [2.45, 2.75) is 25.9 Å². The fourth-order valence-corrected chi connectivity index (χ4v) is 1.61. The number of ether oxygens (including phenoxy) is 3. The van der Waals surface area contributed by atoms with Gasteiger partial charge in [0.25, 0.3) is 0 Å². The van der Waals surface area contributed by atoms with Crippen LogP contribution < -0.4 is 5.32 Å². The molecular formula is C9H15NO4. The molecule has 2 rings (SSSR count). The fraction of sp³-hybridized carbons (Fsp3) is 0.889. The molecule has 2 fully saturated rings. The van der Waals surface area contributed by atoms with Crippen LogP contribution in [0, 0.1) is 5.92 Å². The van der Waals surface area contributed by atoms with Crippen LogP contribution in [0.4, 0.5) is 0 Å². The lowest BCUT2D eigenvalue weighted by Gasteiger charge is -2.36. The first-order chi connectivity index (χ1) is 6.58. The van der Waals surface area contributed by atoms with E-state index in [1.54, 1.807) is 0 Å². The Balaban J connectivity index is 1.98. The van der Waals surface area contributed by atoms with Gasteiger partial charge < -0.3 is 19.5 Å². The van der Waals surface area contributed by atoms with Crippen molar-refractivity contribution in [2.75, 3.05) is 19.8 Å². The molecule has 5 heteroatoms. The maximum Gasteiger partial charge on any atom is 0.232 e. The maximum atomic E-state index is 11.6. The molecule has 2 aliphatic rings. The third-order valence-electron chi connectivity index (χ3n) is 2.36. The zero-order valence-corrected chi connectivity index (χ0v) is 8.41. The smallest absolute Gasteiger partial charge is 0.232 e. The minimum absolute atomic E-state index is 0.0619. The summed E-state index contributed by atoms with van der Waals surface area (Å²) < 4.78 is 16.0. The van der Waals surface area contributed by atoms with E-state index >= 15 is 0 Å². The average Bonchev–Trinajstić information content (AvgIpc) is 2.54. The highest BCUT2D eigenvalue weighted by atomic mass is 16.7. The van der Waals surface area contributed by atoms with E-state index in [1.807, 2.05) is 13.8 Å². The molecule has 1 N–H and O–H groups in total. The maximum absolute atomic E-state index is 11.6. The van der Waals surface area contributed by atoms with Crippen LogP contribution in [0.5, 0.6) is 0 Å². The zero-order valence-electron chi connectivity index (χ0n) is 8.41. The standard InChI is InChI=1S/C9H15NO4/c1-9(2)10-7(11)6(5-14-9)8-12-3-4-13-8/h6,8H,3-5H2,1-2H3,(H,10,11)/t6-/m1/s1. The summed E-state index contributed by atoms with van der Waals surface area (Å²) in [5.41, 5.74) is -0.577. The SMILES string of the molecule is CC1(C)NC(=O)[C@H](C2OCCO2)CO1. The van der Waals surface area contributed by atoms with Gasteiger partial charge in [-0.15, -0.1) is 0 Å². The molecule has 0 aromatic carbocycles. The monoisotopic (exact) mass is 201 g/mol. The fourth-order valence-electron chi connectivity index (χ4n) is 1.61. The van der Waals surface area contributed by atoms with Gasteiger partial charge in [-0.05, 0) is 13.8 Å². The second-order valence-corrected chi connectivity index (χ2v) is 4.03. The predicted molar refractivity (Wildman–Crippen MR) is 47.4 cm³/mol. The number of carbonyl (C=O) groups is 1. The number of hydrogen-bond donors (Lipinski definition) is 1. The Kier molecular flexibility index (Phi) is 2.47. The van der Waals surface area contributed by atoms with Gasteiger partial charge >= 0.3 is 0 Å². The quantitative estimate of drug-likeness (QED) is 0.641. The highest BCUT2D eigenvalue weighted by Gasteiger charge is 2.40. The lowest BCUT2D eigenvalue weighted by atomic mass is 10.1. The summed E-state index contributed by atoms with van der Waals surface area (Å²) in [6, 6.07) is 0. The normalized spacial score (nSPS) is 33.0. The van der Waals surface area contributed by atoms with Gasteiger partial charge in [0.05, 0.1) is 19.8 Å². The Morgan fingerprint density at radius 3 is 2.57 bits per heavy atom. The zero-order chi connectivity index (χ0) is 10.2. The van der Waals surface area contributed by atoms with Crippen molar-refractivity contribution in [1.82, 2.24) is 5.32 Å². The summed E-state index contributed by atoms with van der Waals surface area (Å²) in [5.74, 6) is -0.404. The molecular weight excluding hydrogens is 186 g/mol. The second kappa shape index (κ2) is 3.49. The lowest BCUT2D eigenvalue weighted by molar-refractivity contribution is -0.180. The molecule has 0 aromatic rings. The van der Waals surface area contributed by atoms with Gasteiger partial charge in [0.15, 0.2) is 6.29 Å². The van der Waals surface area contributed by atoms with Crippen LogP contribution in [-0.4, -0.2) is 37.7 Å².